The van der Waals surface area contributed by atoms with Crippen molar-refractivity contribution in [2.75, 3.05) is 19.7 Å². The number of piperidine rings is 1. The van der Waals surface area contributed by atoms with Gasteiger partial charge in [-0.25, -0.2) is 4.98 Å². The van der Waals surface area contributed by atoms with E-state index < -0.39 is 0 Å². The molecule has 0 unspecified atom stereocenters. The molecule has 1 aliphatic rings. The minimum absolute atomic E-state index is 0.0496. The number of para-hydroxylation sites is 1. The maximum absolute atomic E-state index is 12.9. The molecular formula is C21H21ClN2O2S. The van der Waals surface area contributed by atoms with E-state index >= 15 is 0 Å². The van der Waals surface area contributed by atoms with Crippen molar-refractivity contribution in [1.29, 1.82) is 0 Å². The van der Waals surface area contributed by atoms with Crippen LogP contribution in [0.3, 0.4) is 0 Å². The summed E-state index contributed by atoms with van der Waals surface area (Å²) in [6, 6.07) is 13.3. The summed E-state index contributed by atoms with van der Waals surface area (Å²) in [6.45, 7) is 3.95. The predicted octanol–water partition coefficient (Wildman–Crippen LogP) is 5.37. The first-order valence-electron chi connectivity index (χ1n) is 9.23. The molecule has 1 amide bonds. The van der Waals surface area contributed by atoms with Crippen LogP contribution in [0.25, 0.3) is 10.2 Å². The molecule has 2 heterocycles. The molecule has 0 aliphatic carbocycles. The summed E-state index contributed by atoms with van der Waals surface area (Å²) >= 11 is 7.81. The molecule has 1 aliphatic heterocycles. The van der Waals surface area contributed by atoms with Gasteiger partial charge in [0.05, 0.1) is 27.4 Å². The lowest BCUT2D eigenvalue weighted by Gasteiger charge is -2.31. The number of aromatic nitrogens is 1. The van der Waals surface area contributed by atoms with Gasteiger partial charge in [-0.15, -0.1) is 11.3 Å². The van der Waals surface area contributed by atoms with Crippen molar-refractivity contribution >= 4 is 39.1 Å². The summed E-state index contributed by atoms with van der Waals surface area (Å²) in [7, 11) is 0. The van der Waals surface area contributed by atoms with Crippen molar-refractivity contribution in [3.63, 3.8) is 0 Å². The lowest BCUT2D eigenvalue weighted by atomic mass is 9.97. The van der Waals surface area contributed by atoms with Crippen LogP contribution in [0.5, 0.6) is 5.75 Å². The van der Waals surface area contributed by atoms with Crippen molar-refractivity contribution in [1.82, 2.24) is 9.88 Å². The summed E-state index contributed by atoms with van der Waals surface area (Å²) in [6.07, 6.45) is 1.85. The van der Waals surface area contributed by atoms with E-state index in [2.05, 4.69) is 0 Å². The topological polar surface area (TPSA) is 42.4 Å². The number of carbonyl (C=O) groups excluding carboxylic acids is 1. The van der Waals surface area contributed by atoms with Crippen LogP contribution in [-0.2, 0) is 0 Å². The Bertz CT molecular complexity index is 964. The van der Waals surface area contributed by atoms with E-state index in [-0.39, 0.29) is 5.91 Å². The standard InChI is InChI=1S/C21H21ClN2O2S/c1-2-26-18-6-4-3-5-16(18)21(25)24-11-9-14(10-12-24)20-23-17-13-15(22)7-8-19(17)27-20/h3-8,13-14H,2,9-12H2,1H3. The van der Waals surface area contributed by atoms with E-state index in [0.29, 0.717) is 28.9 Å². The second-order valence-electron chi connectivity index (χ2n) is 6.66. The molecule has 0 saturated carbocycles. The molecule has 1 saturated heterocycles. The van der Waals surface area contributed by atoms with Crippen LogP contribution in [0.4, 0.5) is 0 Å². The number of nitrogens with zero attached hydrogens (tertiary/aromatic N) is 2. The largest absolute Gasteiger partial charge is 0.493 e. The molecule has 0 spiro atoms. The van der Waals surface area contributed by atoms with Crippen molar-refractivity contribution < 1.29 is 9.53 Å². The first-order chi connectivity index (χ1) is 13.2. The third-order valence-electron chi connectivity index (χ3n) is 4.91. The molecule has 6 heteroatoms. The minimum Gasteiger partial charge on any atom is -0.493 e. The zero-order valence-corrected chi connectivity index (χ0v) is 16.7. The van der Waals surface area contributed by atoms with E-state index in [4.69, 9.17) is 21.3 Å². The van der Waals surface area contributed by atoms with Crippen LogP contribution in [0.15, 0.2) is 42.5 Å². The first-order valence-corrected chi connectivity index (χ1v) is 10.4. The molecule has 1 aromatic heterocycles. The number of amides is 1. The highest BCUT2D eigenvalue weighted by Crippen LogP contribution is 2.35. The van der Waals surface area contributed by atoms with Crippen LogP contribution in [0, 0.1) is 0 Å². The van der Waals surface area contributed by atoms with Crippen LogP contribution in [0.2, 0.25) is 5.02 Å². The molecule has 2 aromatic carbocycles. The van der Waals surface area contributed by atoms with Gasteiger partial charge in [0, 0.05) is 24.0 Å². The average molecular weight is 401 g/mol. The van der Waals surface area contributed by atoms with Crippen molar-refractivity contribution in [2.45, 2.75) is 25.7 Å². The van der Waals surface area contributed by atoms with Crippen LogP contribution in [0.1, 0.15) is 41.0 Å². The van der Waals surface area contributed by atoms with Crippen LogP contribution < -0.4 is 4.74 Å². The monoisotopic (exact) mass is 400 g/mol. The Morgan fingerprint density at radius 3 is 2.81 bits per heavy atom. The van der Waals surface area contributed by atoms with Gasteiger partial charge in [-0.05, 0) is 50.1 Å². The number of ether oxygens (including phenoxy) is 1. The third kappa shape index (κ3) is 3.80. The number of fused-ring (bicyclic) bond motifs is 1. The molecule has 140 valence electrons. The highest BCUT2D eigenvalue weighted by atomic mass is 35.5. The first kappa shape index (κ1) is 18.3. The van der Waals surface area contributed by atoms with Crippen molar-refractivity contribution in [2.24, 2.45) is 0 Å². The van der Waals surface area contributed by atoms with Crippen LogP contribution >= 0.6 is 22.9 Å². The van der Waals surface area contributed by atoms with Gasteiger partial charge in [0.25, 0.3) is 5.91 Å². The molecule has 0 atom stereocenters. The highest BCUT2D eigenvalue weighted by molar-refractivity contribution is 7.18. The fourth-order valence-corrected chi connectivity index (χ4v) is 4.80. The Hall–Kier alpha value is -2.11. The van der Waals surface area contributed by atoms with E-state index in [1.165, 1.54) is 4.70 Å². The van der Waals surface area contributed by atoms with Crippen molar-refractivity contribution in [3.8, 4) is 5.75 Å². The number of rotatable bonds is 4. The Kier molecular flexibility index (Phi) is 5.32. The van der Waals surface area contributed by atoms with Gasteiger partial charge in [-0.2, -0.15) is 0 Å². The van der Waals surface area contributed by atoms with Crippen molar-refractivity contribution in [3.05, 3.63) is 58.1 Å². The summed E-state index contributed by atoms with van der Waals surface area (Å²) in [5.74, 6) is 1.11. The Balaban J connectivity index is 1.46. The number of hydrogen-bond donors (Lipinski definition) is 0. The molecule has 3 aromatic rings. The highest BCUT2D eigenvalue weighted by Gasteiger charge is 2.27. The maximum atomic E-state index is 12.9. The summed E-state index contributed by atoms with van der Waals surface area (Å²) < 4.78 is 6.78. The number of benzene rings is 2. The fraction of sp³-hybridized carbons (Fsp3) is 0.333. The average Bonchev–Trinajstić information content (AvgIpc) is 3.11. The van der Waals surface area contributed by atoms with Gasteiger partial charge >= 0.3 is 0 Å². The number of halogens is 1. The predicted molar refractivity (Wildman–Crippen MR) is 110 cm³/mol. The number of thiazole rings is 1. The fourth-order valence-electron chi connectivity index (χ4n) is 3.52. The van der Waals surface area contributed by atoms with Gasteiger partial charge in [0.15, 0.2) is 0 Å². The Morgan fingerprint density at radius 2 is 2.04 bits per heavy atom. The number of hydrogen-bond acceptors (Lipinski definition) is 4. The van der Waals surface area contributed by atoms with E-state index in [9.17, 15) is 4.79 Å². The molecule has 0 radical (unpaired) electrons. The molecule has 4 rings (SSSR count). The summed E-state index contributed by atoms with van der Waals surface area (Å²) in [5, 5.41) is 1.86. The second-order valence-corrected chi connectivity index (χ2v) is 8.16. The molecule has 4 nitrogen and oxygen atoms in total. The Labute approximate surface area is 167 Å². The third-order valence-corrected chi connectivity index (χ3v) is 6.35. The van der Waals surface area contributed by atoms with E-state index in [1.54, 1.807) is 11.3 Å². The number of likely N-dealkylation sites (tertiary alicyclic amines) is 1. The normalized spacial score (nSPS) is 15.3. The molecule has 0 N–H and O–H groups in total. The van der Waals surface area contributed by atoms with E-state index in [1.807, 2.05) is 54.3 Å². The van der Waals surface area contributed by atoms with Gasteiger partial charge < -0.3 is 9.64 Å². The van der Waals surface area contributed by atoms with Gasteiger partial charge in [0.1, 0.15) is 5.75 Å². The van der Waals surface area contributed by atoms with Gasteiger partial charge in [0.2, 0.25) is 0 Å². The number of carbonyl (C=O) groups is 1. The lowest BCUT2D eigenvalue weighted by Crippen LogP contribution is -2.38. The molecular weight excluding hydrogens is 380 g/mol. The Morgan fingerprint density at radius 1 is 1.26 bits per heavy atom. The minimum atomic E-state index is 0.0496. The molecule has 27 heavy (non-hydrogen) atoms. The van der Waals surface area contributed by atoms with Gasteiger partial charge in [-0.3, -0.25) is 4.79 Å². The quantitative estimate of drug-likeness (QED) is 0.591. The van der Waals surface area contributed by atoms with Gasteiger partial charge in [-0.1, -0.05) is 23.7 Å². The second kappa shape index (κ2) is 7.87. The SMILES string of the molecule is CCOc1ccccc1C(=O)N1CCC(c2nc3cc(Cl)ccc3s2)CC1. The summed E-state index contributed by atoms with van der Waals surface area (Å²) in [4.78, 5) is 19.6. The zero-order valence-electron chi connectivity index (χ0n) is 15.2. The molecule has 0 bridgehead atoms. The zero-order chi connectivity index (χ0) is 18.8. The molecule has 1 fully saturated rings. The van der Waals surface area contributed by atoms with E-state index in [0.717, 1.165) is 36.5 Å². The smallest absolute Gasteiger partial charge is 0.257 e. The van der Waals surface area contributed by atoms with Crippen LogP contribution in [-0.4, -0.2) is 35.5 Å². The summed E-state index contributed by atoms with van der Waals surface area (Å²) in [5.41, 5.74) is 1.61. The lowest BCUT2D eigenvalue weighted by molar-refractivity contribution is 0.0709. The maximum Gasteiger partial charge on any atom is 0.257 e.